The molecule has 3 rings (SSSR count). The van der Waals surface area contributed by atoms with Gasteiger partial charge in [0.05, 0.1) is 18.3 Å². The summed E-state index contributed by atoms with van der Waals surface area (Å²) >= 11 is 0. The SMILES string of the molecule is [CH2]Cc1ccc2c(cnn2Cc2ccccc2)c1. The molecular formula is C16H15N2. The first-order chi connectivity index (χ1) is 8.86. The Balaban J connectivity index is 1.98. The zero-order chi connectivity index (χ0) is 12.4. The zero-order valence-corrected chi connectivity index (χ0v) is 10.2. The first kappa shape index (κ1) is 11.0. The summed E-state index contributed by atoms with van der Waals surface area (Å²) < 4.78 is 2.04. The fraction of sp³-hybridized carbons (Fsp3) is 0.125. The maximum Gasteiger partial charge on any atom is 0.0686 e. The van der Waals surface area contributed by atoms with Crippen molar-refractivity contribution in [2.75, 3.05) is 0 Å². The molecule has 0 spiro atoms. The Morgan fingerprint density at radius 2 is 1.83 bits per heavy atom. The van der Waals surface area contributed by atoms with Crippen molar-refractivity contribution in [1.82, 2.24) is 9.78 Å². The normalized spacial score (nSPS) is 10.9. The van der Waals surface area contributed by atoms with Crippen LogP contribution in [0.5, 0.6) is 0 Å². The zero-order valence-electron chi connectivity index (χ0n) is 10.2. The van der Waals surface area contributed by atoms with Crippen LogP contribution in [0, 0.1) is 6.92 Å². The minimum absolute atomic E-state index is 0.814. The molecule has 2 aromatic carbocycles. The van der Waals surface area contributed by atoms with E-state index in [1.807, 2.05) is 16.9 Å². The van der Waals surface area contributed by atoms with E-state index >= 15 is 0 Å². The average molecular weight is 235 g/mol. The molecule has 3 aromatic rings. The summed E-state index contributed by atoms with van der Waals surface area (Å²) in [6, 6.07) is 16.8. The number of hydrogen-bond donors (Lipinski definition) is 0. The highest BCUT2D eigenvalue weighted by molar-refractivity contribution is 5.79. The van der Waals surface area contributed by atoms with Crippen LogP contribution in [0.2, 0.25) is 0 Å². The third kappa shape index (κ3) is 2.02. The number of hydrogen-bond acceptors (Lipinski definition) is 1. The van der Waals surface area contributed by atoms with E-state index in [-0.39, 0.29) is 0 Å². The molecule has 2 heteroatoms. The van der Waals surface area contributed by atoms with Gasteiger partial charge in [0.25, 0.3) is 0 Å². The molecule has 0 aliphatic carbocycles. The van der Waals surface area contributed by atoms with Gasteiger partial charge in [0, 0.05) is 5.39 Å². The molecule has 89 valence electrons. The second-order valence-electron chi connectivity index (χ2n) is 4.43. The van der Waals surface area contributed by atoms with Gasteiger partial charge in [-0.2, -0.15) is 5.10 Å². The number of nitrogens with zero attached hydrogens (tertiary/aromatic N) is 2. The Morgan fingerprint density at radius 1 is 1.00 bits per heavy atom. The van der Waals surface area contributed by atoms with Gasteiger partial charge in [-0.25, -0.2) is 0 Å². The van der Waals surface area contributed by atoms with Gasteiger partial charge in [0.2, 0.25) is 0 Å². The van der Waals surface area contributed by atoms with Crippen molar-refractivity contribution in [2.45, 2.75) is 13.0 Å². The summed E-state index contributed by atoms with van der Waals surface area (Å²) in [5.41, 5.74) is 3.70. The van der Waals surface area contributed by atoms with Crippen molar-refractivity contribution in [3.63, 3.8) is 0 Å². The lowest BCUT2D eigenvalue weighted by Gasteiger charge is -2.04. The van der Waals surface area contributed by atoms with E-state index in [0.29, 0.717) is 0 Å². The van der Waals surface area contributed by atoms with Crippen LogP contribution in [0.15, 0.2) is 54.7 Å². The monoisotopic (exact) mass is 235 g/mol. The van der Waals surface area contributed by atoms with Crippen molar-refractivity contribution >= 4 is 10.9 Å². The fourth-order valence-corrected chi connectivity index (χ4v) is 2.17. The first-order valence-corrected chi connectivity index (χ1v) is 6.14. The van der Waals surface area contributed by atoms with Crippen LogP contribution < -0.4 is 0 Å². The van der Waals surface area contributed by atoms with E-state index in [9.17, 15) is 0 Å². The van der Waals surface area contributed by atoms with Crippen LogP contribution in [-0.4, -0.2) is 9.78 Å². The summed E-state index contributed by atoms with van der Waals surface area (Å²) in [4.78, 5) is 0. The first-order valence-electron chi connectivity index (χ1n) is 6.14. The third-order valence-electron chi connectivity index (χ3n) is 3.17. The lowest BCUT2D eigenvalue weighted by atomic mass is 10.1. The molecule has 0 aliphatic rings. The Morgan fingerprint density at radius 3 is 2.61 bits per heavy atom. The van der Waals surface area contributed by atoms with Crippen LogP contribution >= 0.6 is 0 Å². The van der Waals surface area contributed by atoms with Gasteiger partial charge in [0.1, 0.15) is 0 Å². The molecule has 0 atom stereocenters. The number of aromatic nitrogens is 2. The molecule has 0 N–H and O–H groups in total. The average Bonchev–Trinajstić information content (AvgIpc) is 2.82. The highest BCUT2D eigenvalue weighted by atomic mass is 15.3. The highest BCUT2D eigenvalue weighted by Gasteiger charge is 2.03. The van der Waals surface area contributed by atoms with Crippen LogP contribution in [0.25, 0.3) is 10.9 Å². The van der Waals surface area contributed by atoms with Gasteiger partial charge >= 0.3 is 0 Å². The summed E-state index contributed by atoms with van der Waals surface area (Å²) in [7, 11) is 0. The third-order valence-corrected chi connectivity index (χ3v) is 3.17. The molecule has 1 aromatic heterocycles. The molecule has 0 fully saturated rings. The van der Waals surface area contributed by atoms with E-state index in [1.54, 1.807) is 0 Å². The molecule has 0 amide bonds. The second kappa shape index (κ2) is 4.65. The predicted molar refractivity (Wildman–Crippen MR) is 74.3 cm³/mol. The van der Waals surface area contributed by atoms with Gasteiger partial charge in [0.15, 0.2) is 0 Å². The summed E-state index contributed by atoms with van der Waals surface area (Å²) in [5.74, 6) is 0. The quantitative estimate of drug-likeness (QED) is 0.679. The number of fused-ring (bicyclic) bond motifs is 1. The highest BCUT2D eigenvalue weighted by Crippen LogP contribution is 2.17. The van der Waals surface area contributed by atoms with E-state index in [1.165, 1.54) is 22.0 Å². The van der Waals surface area contributed by atoms with Crippen molar-refractivity contribution in [3.05, 3.63) is 72.8 Å². The molecule has 2 nitrogen and oxygen atoms in total. The molecule has 0 saturated heterocycles. The lowest BCUT2D eigenvalue weighted by Crippen LogP contribution is -2.00. The molecule has 0 unspecified atom stereocenters. The maximum atomic E-state index is 4.46. The molecule has 0 saturated carbocycles. The second-order valence-corrected chi connectivity index (χ2v) is 4.43. The minimum atomic E-state index is 0.814. The molecule has 0 bridgehead atoms. The summed E-state index contributed by atoms with van der Waals surface area (Å²) in [6.45, 7) is 4.72. The summed E-state index contributed by atoms with van der Waals surface area (Å²) in [6.07, 6.45) is 2.75. The van der Waals surface area contributed by atoms with Crippen LogP contribution in [0.1, 0.15) is 11.1 Å². The van der Waals surface area contributed by atoms with Gasteiger partial charge in [-0.3, -0.25) is 4.68 Å². The smallest absolute Gasteiger partial charge is 0.0686 e. The Bertz CT molecular complexity index is 653. The van der Waals surface area contributed by atoms with E-state index in [4.69, 9.17) is 0 Å². The predicted octanol–water partition coefficient (Wildman–Crippen LogP) is 3.46. The number of rotatable bonds is 3. The minimum Gasteiger partial charge on any atom is -0.260 e. The van der Waals surface area contributed by atoms with E-state index in [2.05, 4.69) is 54.5 Å². The van der Waals surface area contributed by atoms with Crippen molar-refractivity contribution in [2.24, 2.45) is 0 Å². The van der Waals surface area contributed by atoms with Crippen molar-refractivity contribution < 1.29 is 0 Å². The molecule has 1 heterocycles. The maximum absolute atomic E-state index is 4.46. The largest absolute Gasteiger partial charge is 0.260 e. The van der Waals surface area contributed by atoms with Crippen molar-refractivity contribution in [3.8, 4) is 0 Å². The van der Waals surface area contributed by atoms with Gasteiger partial charge < -0.3 is 0 Å². The Hall–Kier alpha value is -2.09. The summed E-state index contributed by atoms with van der Waals surface area (Å²) in [5, 5.41) is 5.65. The lowest BCUT2D eigenvalue weighted by molar-refractivity contribution is 0.712. The topological polar surface area (TPSA) is 17.8 Å². The van der Waals surface area contributed by atoms with Gasteiger partial charge in [-0.1, -0.05) is 36.4 Å². The standard InChI is InChI=1S/C16H15N2/c1-2-13-8-9-16-15(10-13)11-17-18(16)12-14-6-4-3-5-7-14/h3-11H,1-2,12H2. The van der Waals surface area contributed by atoms with E-state index in [0.717, 1.165) is 13.0 Å². The van der Waals surface area contributed by atoms with Crippen LogP contribution in [-0.2, 0) is 13.0 Å². The van der Waals surface area contributed by atoms with Gasteiger partial charge in [-0.15, -0.1) is 0 Å². The van der Waals surface area contributed by atoms with Crippen LogP contribution in [0.3, 0.4) is 0 Å². The van der Waals surface area contributed by atoms with Crippen molar-refractivity contribution in [1.29, 1.82) is 0 Å². The van der Waals surface area contributed by atoms with Gasteiger partial charge in [-0.05, 0) is 36.6 Å². The Kier molecular flexibility index (Phi) is 2.85. The molecule has 18 heavy (non-hydrogen) atoms. The number of benzene rings is 2. The van der Waals surface area contributed by atoms with Crippen LogP contribution in [0.4, 0.5) is 0 Å². The molecule has 1 radical (unpaired) electrons. The van der Waals surface area contributed by atoms with E-state index < -0.39 is 0 Å². The Labute approximate surface area is 107 Å². The molecular weight excluding hydrogens is 220 g/mol. The fourth-order valence-electron chi connectivity index (χ4n) is 2.17. The molecule has 0 aliphatic heterocycles.